The summed E-state index contributed by atoms with van der Waals surface area (Å²) in [7, 11) is -2.13. The van der Waals surface area contributed by atoms with E-state index in [0.717, 1.165) is 42.3 Å². The van der Waals surface area contributed by atoms with Gasteiger partial charge in [0, 0.05) is 26.1 Å². The van der Waals surface area contributed by atoms with Crippen LogP contribution in [0.3, 0.4) is 0 Å². The SMILES string of the molecule is O=C(CCN1c2ccccc2Sc2ccccc21)O[P+](=O)CCN1c2ccccc2Sc2ccccc21. The van der Waals surface area contributed by atoms with Crippen LogP contribution >= 0.6 is 31.6 Å². The Kier molecular flexibility index (Phi) is 6.92. The first kappa shape index (κ1) is 24.1. The van der Waals surface area contributed by atoms with Gasteiger partial charge in [0.1, 0.15) is 0 Å². The molecule has 184 valence electrons. The van der Waals surface area contributed by atoms with Gasteiger partial charge in [0.05, 0.1) is 35.7 Å². The molecule has 2 aliphatic heterocycles. The van der Waals surface area contributed by atoms with Crippen LogP contribution in [0.5, 0.6) is 0 Å². The first-order valence-electron chi connectivity index (χ1n) is 12.1. The minimum absolute atomic E-state index is 0.153. The molecule has 0 aromatic heterocycles. The highest BCUT2D eigenvalue weighted by atomic mass is 32.2. The van der Waals surface area contributed by atoms with Crippen molar-refractivity contribution in [3.05, 3.63) is 97.1 Å². The second kappa shape index (κ2) is 10.6. The molecule has 0 spiro atoms. The molecule has 5 nitrogen and oxygen atoms in total. The summed E-state index contributed by atoms with van der Waals surface area (Å²) in [6.07, 6.45) is 0.418. The van der Waals surface area contributed by atoms with Crippen LogP contribution in [-0.4, -0.2) is 25.2 Å². The number of anilines is 4. The van der Waals surface area contributed by atoms with E-state index in [0.29, 0.717) is 13.1 Å². The molecule has 0 aliphatic carbocycles. The van der Waals surface area contributed by atoms with Crippen LogP contribution < -0.4 is 9.80 Å². The number of hydrogen-bond donors (Lipinski definition) is 0. The fraction of sp³-hybridized carbons (Fsp3) is 0.138. The fourth-order valence-corrected chi connectivity index (χ4v) is 7.60. The largest absolute Gasteiger partial charge is 0.560 e. The number of nitrogens with zero attached hydrogens (tertiary/aromatic N) is 2. The summed E-state index contributed by atoms with van der Waals surface area (Å²) in [6.45, 7) is 0.960. The quantitative estimate of drug-likeness (QED) is 0.217. The van der Waals surface area contributed by atoms with Crippen molar-refractivity contribution in [1.82, 2.24) is 0 Å². The van der Waals surface area contributed by atoms with E-state index in [9.17, 15) is 9.36 Å². The summed E-state index contributed by atoms with van der Waals surface area (Å²) < 4.78 is 18.2. The summed E-state index contributed by atoms with van der Waals surface area (Å²) in [6, 6.07) is 32.8. The number of benzene rings is 4. The number of fused-ring (bicyclic) bond motifs is 4. The van der Waals surface area contributed by atoms with Crippen molar-refractivity contribution in [1.29, 1.82) is 0 Å². The van der Waals surface area contributed by atoms with E-state index in [1.165, 1.54) is 0 Å². The molecule has 0 amide bonds. The van der Waals surface area contributed by atoms with Crippen LogP contribution in [0.15, 0.2) is 117 Å². The van der Waals surface area contributed by atoms with Gasteiger partial charge in [0.25, 0.3) is 0 Å². The van der Waals surface area contributed by atoms with Crippen LogP contribution in [0.25, 0.3) is 0 Å². The molecule has 4 aromatic carbocycles. The molecule has 6 rings (SSSR count). The average Bonchev–Trinajstić information content (AvgIpc) is 2.93. The fourth-order valence-electron chi connectivity index (χ4n) is 4.63. The third-order valence-corrected chi connectivity index (χ3v) is 9.55. The summed E-state index contributed by atoms with van der Waals surface area (Å²) in [5, 5.41) is 0. The zero-order valence-corrected chi connectivity index (χ0v) is 22.5. The van der Waals surface area contributed by atoms with Crippen LogP contribution in [0.4, 0.5) is 22.7 Å². The maximum atomic E-state index is 12.8. The highest BCUT2D eigenvalue weighted by Gasteiger charge is 2.30. The van der Waals surface area contributed by atoms with Gasteiger partial charge in [-0.1, -0.05) is 72.1 Å². The Morgan fingerprint density at radius 2 is 1.00 bits per heavy atom. The molecular weight excluding hydrogens is 519 g/mol. The first-order chi connectivity index (χ1) is 18.2. The van der Waals surface area contributed by atoms with Gasteiger partial charge in [0.2, 0.25) is 6.16 Å². The van der Waals surface area contributed by atoms with Crippen molar-refractivity contribution in [2.24, 2.45) is 0 Å². The van der Waals surface area contributed by atoms with Crippen molar-refractivity contribution in [3.63, 3.8) is 0 Å². The van der Waals surface area contributed by atoms with Gasteiger partial charge in [-0.25, -0.2) is 9.32 Å². The average molecular weight is 544 g/mol. The summed E-state index contributed by atoms with van der Waals surface area (Å²) in [5.74, 6) is -0.440. The predicted octanol–water partition coefficient (Wildman–Crippen LogP) is 8.27. The molecule has 0 saturated heterocycles. The van der Waals surface area contributed by atoms with E-state index in [2.05, 4.69) is 58.3 Å². The Labute approximate surface area is 225 Å². The molecule has 0 bridgehead atoms. The Bertz CT molecular complexity index is 1290. The molecule has 1 atom stereocenters. The molecule has 1 unspecified atom stereocenters. The molecular formula is C29H24N2O3PS2+. The van der Waals surface area contributed by atoms with Gasteiger partial charge < -0.3 is 9.80 Å². The second-order valence-electron chi connectivity index (χ2n) is 8.65. The van der Waals surface area contributed by atoms with Crippen LogP contribution in [0, 0.1) is 0 Å². The molecule has 0 saturated carbocycles. The van der Waals surface area contributed by atoms with Crippen LogP contribution in [-0.2, 0) is 13.9 Å². The van der Waals surface area contributed by atoms with E-state index >= 15 is 0 Å². The van der Waals surface area contributed by atoms with Crippen LogP contribution in [0.1, 0.15) is 6.42 Å². The minimum Gasteiger partial charge on any atom is -0.339 e. The van der Waals surface area contributed by atoms with E-state index in [1.807, 2.05) is 48.5 Å². The van der Waals surface area contributed by atoms with Gasteiger partial charge in [-0.2, -0.15) is 0 Å². The number of rotatable bonds is 7. The lowest BCUT2D eigenvalue weighted by Gasteiger charge is -2.32. The second-order valence-corrected chi connectivity index (χ2v) is 12.1. The molecule has 8 heteroatoms. The Morgan fingerprint density at radius 1 is 0.622 bits per heavy atom. The third kappa shape index (κ3) is 4.99. The first-order valence-corrected chi connectivity index (χ1v) is 15.1. The minimum atomic E-state index is -2.13. The Hall–Kier alpha value is -3.25. The number of carbonyl (C=O) groups excluding carboxylic acids is 1. The van der Waals surface area contributed by atoms with Crippen molar-refractivity contribution in [2.75, 3.05) is 29.1 Å². The molecule has 0 N–H and O–H groups in total. The molecule has 0 fully saturated rings. The highest BCUT2D eigenvalue weighted by molar-refractivity contribution is 8.00. The van der Waals surface area contributed by atoms with E-state index in [1.54, 1.807) is 23.5 Å². The topological polar surface area (TPSA) is 49.9 Å². The monoisotopic (exact) mass is 543 g/mol. The lowest BCUT2D eigenvalue weighted by Crippen LogP contribution is -2.25. The van der Waals surface area contributed by atoms with E-state index in [-0.39, 0.29) is 12.6 Å². The van der Waals surface area contributed by atoms with Crippen molar-refractivity contribution in [2.45, 2.75) is 26.0 Å². The smallest absolute Gasteiger partial charge is 0.339 e. The normalized spacial score (nSPS) is 13.7. The number of carbonyl (C=O) groups is 1. The summed E-state index contributed by atoms with van der Waals surface area (Å²) in [4.78, 5) is 21.7. The van der Waals surface area contributed by atoms with Crippen molar-refractivity contribution < 1.29 is 13.9 Å². The van der Waals surface area contributed by atoms with Gasteiger partial charge in [-0.05, 0) is 53.1 Å². The third-order valence-electron chi connectivity index (χ3n) is 6.31. The Balaban J connectivity index is 1.10. The van der Waals surface area contributed by atoms with E-state index < -0.39 is 14.0 Å². The summed E-state index contributed by atoms with van der Waals surface area (Å²) in [5.41, 5.74) is 4.31. The summed E-state index contributed by atoms with van der Waals surface area (Å²) >= 11 is 3.47. The lowest BCUT2D eigenvalue weighted by molar-refractivity contribution is -0.133. The molecule has 4 aromatic rings. The zero-order chi connectivity index (χ0) is 25.2. The van der Waals surface area contributed by atoms with Gasteiger partial charge in [-0.3, -0.25) is 0 Å². The van der Waals surface area contributed by atoms with Crippen molar-refractivity contribution >= 4 is 60.3 Å². The zero-order valence-electron chi connectivity index (χ0n) is 19.9. The standard InChI is InChI=1S/C29H24N2O3PS2/c32-29(17-18-30-21-9-1-5-13-25(21)36-26-14-6-2-10-22(26)30)34-35(33)20-19-31-23-11-3-7-15-27(23)37-28-16-8-4-12-24(28)31/h1-16H,17-20H2/q+1. The number of hydrogen-bond acceptors (Lipinski definition) is 7. The molecule has 0 radical (unpaired) electrons. The Morgan fingerprint density at radius 3 is 1.43 bits per heavy atom. The maximum absolute atomic E-state index is 12.8. The molecule has 2 aliphatic rings. The predicted molar refractivity (Wildman–Crippen MR) is 151 cm³/mol. The highest BCUT2D eigenvalue weighted by Crippen LogP contribution is 2.49. The maximum Gasteiger partial charge on any atom is 0.560 e. The lowest BCUT2D eigenvalue weighted by atomic mass is 10.2. The van der Waals surface area contributed by atoms with Gasteiger partial charge in [0.15, 0.2) is 0 Å². The molecule has 2 heterocycles. The van der Waals surface area contributed by atoms with E-state index in [4.69, 9.17) is 4.52 Å². The van der Waals surface area contributed by atoms with Gasteiger partial charge >= 0.3 is 14.0 Å². The van der Waals surface area contributed by atoms with Crippen molar-refractivity contribution in [3.8, 4) is 0 Å². The van der Waals surface area contributed by atoms with Crippen LogP contribution in [0.2, 0.25) is 0 Å². The number of para-hydroxylation sites is 4. The van der Waals surface area contributed by atoms with Gasteiger partial charge in [-0.15, -0.1) is 0 Å². The molecule has 37 heavy (non-hydrogen) atoms.